The number of fused-ring (bicyclic) bond motifs is 5. The first kappa shape index (κ1) is 19.4. The first-order chi connectivity index (χ1) is 14.5. The van der Waals surface area contributed by atoms with Crippen LogP contribution in [0.15, 0.2) is 36.4 Å². The van der Waals surface area contributed by atoms with Gasteiger partial charge in [-0.05, 0) is 30.4 Å². The second kappa shape index (κ2) is 7.59. The number of nitrogens with zero attached hydrogens (tertiary/aromatic N) is 2. The fourth-order valence-electron chi connectivity index (χ4n) is 5.86. The van der Waals surface area contributed by atoms with Gasteiger partial charge in [-0.3, -0.25) is 24.6 Å². The average Bonchev–Trinajstić information content (AvgIpc) is 3.42. The summed E-state index contributed by atoms with van der Waals surface area (Å²) in [7, 11) is 0. The van der Waals surface area contributed by atoms with E-state index in [0.717, 1.165) is 51.3 Å². The summed E-state index contributed by atoms with van der Waals surface area (Å²) in [4.78, 5) is 40.5. The van der Waals surface area contributed by atoms with E-state index >= 15 is 0 Å². The van der Waals surface area contributed by atoms with Gasteiger partial charge >= 0.3 is 0 Å². The maximum Gasteiger partial charge on any atom is 0.269 e. The van der Waals surface area contributed by atoms with E-state index in [1.165, 1.54) is 9.80 Å². The third-order valence-corrected chi connectivity index (χ3v) is 7.52. The molecular formula is C22H28N4O4+2. The molecule has 1 aromatic rings. The highest BCUT2D eigenvalue weighted by molar-refractivity contribution is 6.06. The summed E-state index contributed by atoms with van der Waals surface area (Å²) in [5.74, 6) is 0.490. The number of rotatable bonds is 6. The summed E-state index contributed by atoms with van der Waals surface area (Å²) in [6.45, 7) is 6.30. The number of nitro groups is 1. The summed E-state index contributed by atoms with van der Waals surface area (Å²) >= 11 is 0. The van der Waals surface area contributed by atoms with Gasteiger partial charge in [-0.1, -0.05) is 12.2 Å². The van der Waals surface area contributed by atoms with Gasteiger partial charge in [-0.15, -0.1) is 0 Å². The Hall–Kier alpha value is -2.58. The first-order valence-corrected chi connectivity index (χ1v) is 11.0. The maximum atomic E-state index is 12.8. The predicted molar refractivity (Wildman–Crippen MR) is 107 cm³/mol. The summed E-state index contributed by atoms with van der Waals surface area (Å²) in [5.41, 5.74) is 1.24. The second-order valence-electron chi connectivity index (χ2n) is 9.18. The van der Waals surface area contributed by atoms with Gasteiger partial charge in [0, 0.05) is 17.7 Å². The van der Waals surface area contributed by atoms with Crippen LogP contribution in [0.2, 0.25) is 0 Å². The van der Waals surface area contributed by atoms with Crippen molar-refractivity contribution in [2.24, 2.45) is 23.7 Å². The van der Waals surface area contributed by atoms with Gasteiger partial charge in [0.25, 0.3) is 5.69 Å². The van der Waals surface area contributed by atoms with E-state index < -0.39 is 0 Å². The number of non-ortho nitro benzene ring substituents is 1. The summed E-state index contributed by atoms with van der Waals surface area (Å²) in [6, 6.07) is 6.82. The molecule has 0 radical (unpaired) electrons. The van der Waals surface area contributed by atoms with Crippen molar-refractivity contribution in [2.45, 2.75) is 13.0 Å². The van der Waals surface area contributed by atoms with Crippen LogP contribution in [-0.4, -0.2) is 60.9 Å². The average molecular weight is 412 g/mol. The Balaban J connectivity index is 1.09. The number of amides is 2. The lowest BCUT2D eigenvalue weighted by Gasteiger charge is -2.30. The summed E-state index contributed by atoms with van der Waals surface area (Å²) in [5, 5.41) is 10.8. The third-order valence-electron chi connectivity index (χ3n) is 7.52. The molecule has 2 aliphatic carbocycles. The molecule has 1 saturated carbocycles. The normalized spacial score (nSPS) is 34.6. The van der Waals surface area contributed by atoms with Crippen molar-refractivity contribution in [2.75, 3.05) is 39.3 Å². The summed E-state index contributed by atoms with van der Waals surface area (Å²) in [6.07, 6.45) is 5.25. The molecule has 30 heavy (non-hydrogen) atoms. The Morgan fingerprint density at radius 2 is 1.50 bits per heavy atom. The maximum absolute atomic E-state index is 12.8. The molecule has 2 aliphatic heterocycles. The molecule has 1 aromatic carbocycles. The Morgan fingerprint density at radius 3 is 2.07 bits per heavy atom. The molecule has 4 aliphatic rings. The molecule has 0 aromatic heterocycles. The number of allylic oxidation sites excluding steroid dienone is 2. The number of imide groups is 1. The van der Waals surface area contributed by atoms with E-state index in [0.29, 0.717) is 6.54 Å². The van der Waals surface area contributed by atoms with E-state index in [4.69, 9.17) is 0 Å². The molecule has 0 spiro atoms. The largest absolute Gasteiger partial charge is 0.324 e. The molecule has 2 N–H and O–H groups in total. The van der Waals surface area contributed by atoms with E-state index in [1.807, 2.05) is 12.1 Å². The number of quaternary nitrogens is 2. The van der Waals surface area contributed by atoms with Crippen molar-refractivity contribution >= 4 is 17.5 Å². The highest BCUT2D eigenvalue weighted by Crippen LogP contribution is 2.52. The lowest BCUT2D eigenvalue weighted by molar-refractivity contribution is -1.02. The van der Waals surface area contributed by atoms with Crippen LogP contribution in [0.3, 0.4) is 0 Å². The smallest absolute Gasteiger partial charge is 0.269 e. The Labute approximate surface area is 175 Å². The third kappa shape index (κ3) is 3.33. The van der Waals surface area contributed by atoms with Crippen LogP contribution in [0.1, 0.15) is 12.0 Å². The number of nitro benzene ring substituents is 1. The van der Waals surface area contributed by atoms with Gasteiger partial charge in [0.2, 0.25) is 11.8 Å². The quantitative estimate of drug-likeness (QED) is 0.263. The minimum absolute atomic E-state index is 0.0590. The number of piperazine rings is 1. The number of benzene rings is 1. The highest BCUT2D eigenvalue weighted by Gasteiger charge is 2.59. The number of likely N-dealkylation sites (tertiary alicyclic amines) is 1. The van der Waals surface area contributed by atoms with Gasteiger partial charge in [-0.2, -0.15) is 0 Å². The molecule has 3 fully saturated rings. The molecule has 2 saturated heterocycles. The van der Waals surface area contributed by atoms with Crippen LogP contribution < -0.4 is 9.80 Å². The Morgan fingerprint density at radius 1 is 0.933 bits per heavy atom. The van der Waals surface area contributed by atoms with Gasteiger partial charge < -0.3 is 9.80 Å². The molecule has 2 amide bonds. The zero-order valence-corrected chi connectivity index (χ0v) is 17.0. The summed E-state index contributed by atoms with van der Waals surface area (Å²) < 4.78 is 0. The van der Waals surface area contributed by atoms with Gasteiger partial charge in [0.15, 0.2) is 0 Å². The Bertz CT molecular complexity index is 861. The standard InChI is InChI=1S/C22H26N4O4/c27-21-19-16-3-4-17(13-16)20(19)22(28)25(21)12-11-23-7-9-24(10-8-23)14-15-1-5-18(6-2-15)26(29)30/h1-6,16-17,19-20H,7-14H2/p+2/t16-,17-,19-,20-/m1/s1. The van der Waals surface area contributed by atoms with E-state index in [2.05, 4.69) is 12.2 Å². The second-order valence-corrected chi connectivity index (χ2v) is 9.18. The van der Waals surface area contributed by atoms with Crippen molar-refractivity contribution < 1.29 is 24.3 Å². The number of carbonyl (C=O) groups is 2. The van der Waals surface area contributed by atoms with Crippen LogP contribution in [-0.2, 0) is 16.1 Å². The van der Waals surface area contributed by atoms with Gasteiger partial charge in [-0.25, -0.2) is 0 Å². The topological polar surface area (TPSA) is 89.4 Å². The fourth-order valence-corrected chi connectivity index (χ4v) is 5.86. The van der Waals surface area contributed by atoms with Gasteiger partial charge in [0.05, 0.1) is 29.8 Å². The zero-order valence-electron chi connectivity index (χ0n) is 17.0. The molecule has 4 atom stereocenters. The molecule has 158 valence electrons. The van der Waals surface area contributed by atoms with Crippen LogP contribution in [0.25, 0.3) is 0 Å². The molecule has 8 nitrogen and oxygen atoms in total. The molecule has 5 rings (SSSR count). The SMILES string of the molecule is O=C1[C@H]2[C@H](C(=O)N1CC[NH+]1CC[NH+](Cc3ccc([N+](=O)[O-])cc3)CC1)[C@@H]1C=C[C@@H]2C1. The number of hydrogen-bond donors (Lipinski definition) is 2. The first-order valence-electron chi connectivity index (χ1n) is 11.0. The molecular weight excluding hydrogens is 384 g/mol. The molecule has 0 unspecified atom stereocenters. The minimum atomic E-state index is -0.372. The lowest BCUT2D eigenvalue weighted by Crippen LogP contribution is -3.27. The van der Waals surface area contributed by atoms with E-state index in [-0.39, 0.29) is 46.1 Å². The van der Waals surface area contributed by atoms with Crippen molar-refractivity contribution in [3.05, 3.63) is 52.1 Å². The molecule has 8 heteroatoms. The Kier molecular flexibility index (Phi) is 4.91. The molecule has 2 heterocycles. The van der Waals surface area contributed by atoms with Crippen molar-refractivity contribution in [1.29, 1.82) is 0 Å². The van der Waals surface area contributed by atoms with Crippen molar-refractivity contribution in [3.63, 3.8) is 0 Å². The van der Waals surface area contributed by atoms with Crippen molar-refractivity contribution in [3.8, 4) is 0 Å². The van der Waals surface area contributed by atoms with E-state index in [9.17, 15) is 19.7 Å². The van der Waals surface area contributed by atoms with Crippen LogP contribution in [0.5, 0.6) is 0 Å². The van der Waals surface area contributed by atoms with Crippen LogP contribution in [0, 0.1) is 33.8 Å². The monoisotopic (exact) mass is 412 g/mol. The van der Waals surface area contributed by atoms with Gasteiger partial charge in [0.1, 0.15) is 32.7 Å². The fraction of sp³-hybridized carbons (Fsp3) is 0.545. The zero-order chi connectivity index (χ0) is 20.8. The van der Waals surface area contributed by atoms with Crippen molar-refractivity contribution in [1.82, 2.24) is 4.90 Å². The predicted octanol–water partition coefficient (Wildman–Crippen LogP) is -1.31. The molecule has 2 bridgehead atoms. The van der Waals surface area contributed by atoms with Crippen LogP contribution in [0.4, 0.5) is 5.69 Å². The number of nitrogens with one attached hydrogen (secondary N) is 2. The number of hydrogen-bond acceptors (Lipinski definition) is 4. The van der Waals surface area contributed by atoms with E-state index in [1.54, 1.807) is 17.0 Å². The van der Waals surface area contributed by atoms with Crippen LogP contribution >= 0.6 is 0 Å². The highest BCUT2D eigenvalue weighted by atomic mass is 16.6. The number of carbonyl (C=O) groups excluding carboxylic acids is 2. The lowest BCUT2D eigenvalue weighted by atomic mass is 9.85. The minimum Gasteiger partial charge on any atom is -0.324 e.